The highest BCUT2D eigenvalue weighted by Crippen LogP contribution is 2.34. The SMILES string of the molecule is CC(C)CC(Oc1ccc(CN)c(C(F)(F)F)c1)C(=O)NC(C)c1cccnc1. The molecular formula is C21H26F3N3O2. The summed E-state index contributed by atoms with van der Waals surface area (Å²) in [5, 5.41) is 2.84. The zero-order valence-corrected chi connectivity index (χ0v) is 16.7. The summed E-state index contributed by atoms with van der Waals surface area (Å²) in [5.74, 6) is -0.319. The third-order valence-corrected chi connectivity index (χ3v) is 4.41. The van der Waals surface area contributed by atoms with Crippen molar-refractivity contribution in [3.05, 3.63) is 59.4 Å². The van der Waals surface area contributed by atoms with Crippen LogP contribution < -0.4 is 15.8 Å². The largest absolute Gasteiger partial charge is 0.481 e. The van der Waals surface area contributed by atoms with Crippen LogP contribution in [0.2, 0.25) is 0 Å². The van der Waals surface area contributed by atoms with Crippen LogP contribution >= 0.6 is 0 Å². The average molecular weight is 409 g/mol. The first-order chi connectivity index (χ1) is 13.6. The van der Waals surface area contributed by atoms with Crippen LogP contribution in [0.4, 0.5) is 13.2 Å². The number of hydrogen-bond acceptors (Lipinski definition) is 4. The van der Waals surface area contributed by atoms with Gasteiger partial charge in [-0.15, -0.1) is 0 Å². The molecule has 2 atom stereocenters. The van der Waals surface area contributed by atoms with Crippen molar-refractivity contribution in [1.82, 2.24) is 10.3 Å². The predicted molar refractivity (Wildman–Crippen MR) is 104 cm³/mol. The molecule has 1 amide bonds. The first kappa shape index (κ1) is 22.7. The number of aromatic nitrogens is 1. The van der Waals surface area contributed by atoms with Crippen molar-refractivity contribution in [1.29, 1.82) is 0 Å². The number of halogens is 3. The van der Waals surface area contributed by atoms with Crippen LogP contribution in [0.3, 0.4) is 0 Å². The van der Waals surface area contributed by atoms with E-state index in [0.29, 0.717) is 6.42 Å². The second kappa shape index (κ2) is 9.73. The molecule has 3 N–H and O–H groups in total. The van der Waals surface area contributed by atoms with E-state index in [-0.39, 0.29) is 29.8 Å². The summed E-state index contributed by atoms with van der Waals surface area (Å²) in [4.78, 5) is 16.8. The van der Waals surface area contributed by atoms with Gasteiger partial charge in [-0.2, -0.15) is 13.2 Å². The van der Waals surface area contributed by atoms with Crippen LogP contribution in [-0.4, -0.2) is 17.0 Å². The standard InChI is InChI=1S/C21H26F3N3O2/c1-13(2)9-19(20(28)27-14(3)16-5-4-8-26-12-16)29-17-7-6-15(11-25)18(10-17)21(22,23)24/h4-8,10,12-14,19H,9,11,25H2,1-3H3,(H,27,28). The van der Waals surface area contributed by atoms with E-state index in [1.54, 1.807) is 25.4 Å². The van der Waals surface area contributed by atoms with Gasteiger partial charge in [-0.1, -0.05) is 26.0 Å². The summed E-state index contributed by atoms with van der Waals surface area (Å²) < 4.78 is 45.5. The second-order valence-corrected chi connectivity index (χ2v) is 7.27. The van der Waals surface area contributed by atoms with Crippen molar-refractivity contribution in [2.75, 3.05) is 0 Å². The highest BCUT2D eigenvalue weighted by molar-refractivity contribution is 5.81. The maximum absolute atomic E-state index is 13.3. The number of carbonyl (C=O) groups is 1. The number of pyridine rings is 1. The number of nitrogens with zero attached hydrogens (tertiary/aromatic N) is 1. The molecule has 1 heterocycles. The van der Waals surface area contributed by atoms with E-state index in [1.807, 2.05) is 19.9 Å². The molecule has 2 unspecified atom stereocenters. The zero-order valence-electron chi connectivity index (χ0n) is 16.7. The average Bonchev–Trinajstić information content (AvgIpc) is 2.67. The Morgan fingerprint density at radius 2 is 1.97 bits per heavy atom. The van der Waals surface area contributed by atoms with Gasteiger partial charge >= 0.3 is 6.18 Å². The Hall–Kier alpha value is -2.61. The van der Waals surface area contributed by atoms with E-state index in [4.69, 9.17) is 10.5 Å². The van der Waals surface area contributed by atoms with Crippen LogP contribution in [-0.2, 0) is 17.5 Å². The fourth-order valence-electron chi connectivity index (χ4n) is 2.89. The van der Waals surface area contributed by atoms with Gasteiger partial charge in [0.15, 0.2) is 6.10 Å². The number of nitrogens with two attached hydrogens (primary N) is 1. The molecular weight excluding hydrogens is 383 g/mol. The lowest BCUT2D eigenvalue weighted by Crippen LogP contribution is -2.40. The van der Waals surface area contributed by atoms with Crippen LogP contribution in [0.5, 0.6) is 5.75 Å². The summed E-state index contributed by atoms with van der Waals surface area (Å²) >= 11 is 0. The van der Waals surface area contributed by atoms with Crippen molar-refractivity contribution >= 4 is 5.91 Å². The Kier molecular flexibility index (Phi) is 7.61. The van der Waals surface area contributed by atoms with E-state index < -0.39 is 23.8 Å². The molecule has 0 radical (unpaired) electrons. The third-order valence-electron chi connectivity index (χ3n) is 4.41. The van der Waals surface area contributed by atoms with Gasteiger partial charge in [0.2, 0.25) is 0 Å². The summed E-state index contributed by atoms with van der Waals surface area (Å²) in [6.07, 6.45) is -1.86. The Morgan fingerprint density at radius 3 is 2.52 bits per heavy atom. The molecule has 1 aromatic carbocycles. The van der Waals surface area contributed by atoms with Crippen molar-refractivity contribution in [2.24, 2.45) is 11.7 Å². The van der Waals surface area contributed by atoms with Crippen LogP contribution in [0.1, 0.15) is 49.9 Å². The molecule has 0 bridgehead atoms. The molecule has 0 aliphatic rings. The monoisotopic (exact) mass is 409 g/mol. The van der Waals surface area contributed by atoms with E-state index in [2.05, 4.69) is 10.3 Å². The minimum atomic E-state index is -4.56. The number of ether oxygens (including phenoxy) is 1. The van der Waals surface area contributed by atoms with Gasteiger partial charge in [0, 0.05) is 18.9 Å². The van der Waals surface area contributed by atoms with Gasteiger partial charge in [-0.25, -0.2) is 0 Å². The van der Waals surface area contributed by atoms with E-state index >= 15 is 0 Å². The van der Waals surface area contributed by atoms with E-state index in [1.165, 1.54) is 12.1 Å². The predicted octanol–water partition coefficient (Wildman–Crippen LogP) is 4.23. The molecule has 0 aliphatic heterocycles. The Bertz CT molecular complexity index is 811. The fraction of sp³-hybridized carbons (Fsp3) is 0.429. The third kappa shape index (κ3) is 6.45. The minimum Gasteiger partial charge on any atom is -0.481 e. The molecule has 29 heavy (non-hydrogen) atoms. The normalized spacial score (nSPS) is 13.8. The van der Waals surface area contributed by atoms with Gasteiger partial charge in [0.1, 0.15) is 5.75 Å². The summed E-state index contributed by atoms with van der Waals surface area (Å²) in [7, 11) is 0. The smallest absolute Gasteiger partial charge is 0.416 e. The molecule has 5 nitrogen and oxygen atoms in total. The molecule has 158 valence electrons. The number of rotatable bonds is 8. The van der Waals surface area contributed by atoms with Gasteiger partial charge < -0.3 is 15.8 Å². The fourth-order valence-corrected chi connectivity index (χ4v) is 2.89. The van der Waals surface area contributed by atoms with Gasteiger partial charge in [0.05, 0.1) is 11.6 Å². The van der Waals surface area contributed by atoms with Crippen LogP contribution in [0, 0.1) is 5.92 Å². The van der Waals surface area contributed by atoms with Gasteiger partial charge in [0.25, 0.3) is 5.91 Å². The Balaban J connectivity index is 2.21. The molecule has 2 aromatic rings. The zero-order chi connectivity index (χ0) is 21.6. The Morgan fingerprint density at radius 1 is 1.24 bits per heavy atom. The number of nitrogens with one attached hydrogen (secondary N) is 1. The molecule has 2 rings (SSSR count). The lowest BCUT2D eigenvalue weighted by atomic mass is 10.0. The second-order valence-electron chi connectivity index (χ2n) is 7.27. The number of benzene rings is 1. The van der Waals surface area contributed by atoms with Crippen molar-refractivity contribution < 1.29 is 22.7 Å². The Labute approximate surface area is 168 Å². The van der Waals surface area contributed by atoms with Crippen molar-refractivity contribution in [3.63, 3.8) is 0 Å². The van der Waals surface area contributed by atoms with Crippen LogP contribution in [0.25, 0.3) is 0 Å². The van der Waals surface area contributed by atoms with Crippen molar-refractivity contribution in [3.8, 4) is 5.75 Å². The van der Waals surface area contributed by atoms with Gasteiger partial charge in [-0.3, -0.25) is 9.78 Å². The number of hydrogen-bond donors (Lipinski definition) is 2. The highest BCUT2D eigenvalue weighted by Gasteiger charge is 2.34. The van der Waals surface area contributed by atoms with Gasteiger partial charge in [-0.05, 0) is 48.6 Å². The number of carbonyl (C=O) groups excluding carboxylic acids is 1. The molecule has 0 saturated heterocycles. The molecule has 1 aromatic heterocycles. The molecule has 0 saturated carbocycles. The first-order valence-corrected chi connectivity index (χ1v) is 9.39. The maximum atomic E-state index is 13.3. The lowest BCUT2D eigenvalue weighted by molar-refractivity contribution is -0.138. The summed E-state index contributed by atoms with van der Waals surface area (Å²) in [6, 6.07) is 6.85. The minimum absolute atomic E-state index is 0.0237. The molecule has 0 aliphatic carbocycles. The van der Waals surface area contributed by atoms with Crippen molar-refractivity contribution in [2.45, 2.75) is 52.1 Å². The lowest BCUT2D eigenvalue weighted by Gasteiger charge is -2.23. The quantitative estimate of drug-likeness (QED) is 0.684. The molecule has 0 fully saturated rings. The van der Waals surface area contributed by atoms with E-state index in [0.717, 1.165) is 11.6 Å². The molecule has 8 heteroatoms. The van der Waals surface area contributed by atoms with E-state index in [9.17, 15) is 18.0 Å². The first-order valence-electron chi connectivity index (χ1n) is 9.39. The number of alkyl halides is 3. The maximum Gasteiger partial charge on any atom is 0.416 e. The summed E-state index contributed by atoms with van der Waals surface area (Å²) in [6.45, 7) is 5.38. The summed E-state index contributed by atoms with van der Waals surface area (Å²) in [5.41, 5.74) is 5.34. The number of amides is 1. The van der Waals surface area contributed by atoms with Crippen LogP contribution in [0.15, 0.2) is 42.7 Å². The highest BCUT2D eigenvalue weighted by atomic mass is 19.4. The molecule has 0 spiro atoms. The topological polar surface area (TPSA) is 77.2 Å².